The number of rotatable bonds is 5. The number of piperidine rings is 1. The molecule has 1 saturated heterocycles. The molecule has 4 nitrogen and oxygen atoms in total. The molecule has 2 atom stereocenters. The highest BCUT2D eigenvalue weighted by Gasteiger charge is 2.30. The second kappa shape index (κ2) is 7.87. The van der Waals surface area contributed by atoms with Crippen LogP contribution in [-0.2, 0) is 4.74 Å². The minimum atomic E-state index is -0.186. The number of unbranched alkanes of at least 4 members (excludes halogenated alkanes) is 1. The first-order valence-electron chi connectivity index (χ1n) is 7.92. The molecule has 0 aromatic carbocycles. The Morgan fingerprint density at radius 3 is 2.60 bits per heavy atom. The molecule has 1 amide bonds. The van der Waals surface area contributed by atoms with Gasteiger partial charge in [0.15, 0.2) is 0 Å². The predicted molar refractivity (Wildman–Crippen MR) is 82.9 cm³/mol. The fourth-order valence-electron chi connectivity index (χ4n) is 2.78. The van der Waals surface area contributed by atoms with Crippen LogP contribution in [0.1, 0.15) is 53.4 Å². The van der Waals surface area contributed by atoms with Gasteiger partial charge in [-0.1, -0.05) is 40.5 Å². The fourth-order valence-corrected chi connectivity index (χ4v) is 2.78. The highest BCUT2D eigenvalue weighted by Crippen LogP contribution is 2.23. The summed E-state index contributed by atoms with van der Waals surface area (Å²) in [6.07, 6.45) is 4.65. The first-order valence-corrected chi connectivity index (χ1v) is 7.92. The van der Waals surface area contributed by atoms with E-state index in [1.807, 2.05) is 4.90 Å². The van der Waals surface area contributed by atoms with Gasteiger partial charge in [-0.05, 0) is 24.2 Å². The van der Waals surface area contributed by atoms with Crippen LogP contribution in [-0.4, -0.2) is 43.8 Å². The smallest absolute Gasteiger partial charge is 0.409 e. The van der Waals surface area contributed by atoms with Crippen molar-refractivity contribution in [3.8, 4) is 0 Å². The Morgan fingerprint density at radius 1 is 1.35 bits per heavy atom. The average molecular weight is 284 g/mol. The number of carbonyl (C=O) groups excluding carboxylic acids is 1. The second-order valence-corrected chi connectivity index (χ2v) is 7.26. The largest absolute Gasteiger partial charge is 0.453 e. The summed E-state index contributed by atoms with van der Waals surface area (Å²) in [6, 6.07) is 0.393. The summed E-state index contributed by atoms with van der Waals surface area (Å²) in [7, 11) is 1.47. The molecule has 4 heteroatoms. The third-order valence-electron chi connectivity index (χ3n) is 3.86. The minimum Gasteiger partial charge on any atom is -0.453 e. The van der Waals surface area contributed by atoms with Gasteiger partial charge in [0, 0.05) is 25.7 Å². The van der Waals surface area contributed by atoms with Crippen LogP contribution in [0.3, 0.4) is 0 Å². The van der Waals surface area contributed by atoms with E-state index in [0.29, 0.717) is 12.0 Å². The van der Waals surface area contributed by atoms with Gasteiger partial charge < -0.3 is 15.0 Å². The van der Waals surface area contributed by atoms with Gasteiger partial charge in [-0.2, -0.15) is 0 Å². The lowest BCUT2D eigenvalue weighted by molar-refractivity contribution is 0.0871. The maximum Gasteiger partial charge on any atom is 0.409 e. The summed E-state index contributed by atoms with van der Waals surface area (Å²) in [5.74, 6) is 0.597. The number of methoxy groups -OCH3 is 1. The van der Waals surface area contributed by atoms with Crippen molar-refractivity contribution in [2.45, 2.75) is 59.4 Å². The lowest BCUT2D eigenvalue weighted by Gasteiger charge is -2.38. The van der Waals surface area contributed by atoms with Crippen LogP contribution < -0.4 is 5.32 Å². The number of hydrogen-bond donors (Lipinski definition) is 1. The summed E-state index contributed by atoms with van der Waals surface area (Å²) in [5.41, 5.74) is 0.270. The van der Waals surface area contributed by atoms with Gasteiger partial charge in [0.25, 0.3) is 0 Å². The molecule has 0 bridgehead atoms. The number of hydrogen-bond acceptors (Lipinski definition) is 3. The van der Waals surface area contributed by atoms with Crippen LogP contribution in [0.2, 0.25) is 0 Å². The normalized spacial score (nSPS) is 23.8. The lowest BCUT2D eigenvalue weighted by atomic mass is 9.89. The Hall–Kier alpha value is -0.770. The lowest BCUT2D eigenvalue weighted by Crippen LogP contribution is -2.52. The molecule has 0 aromatic heterocycles. The first kappa shape index (κ1) is 17.3. The van der Waals surface area contributed by atoms with Gasteiger partial charge in [0.1, 0.15) is 0 Å². The third kappa shape index (κ3) is 6.12. The quantitative estimate of drug-likeness (QED) is 0.842. The molecular weight excluding hydrogens is 252 g/mol. The van der Waals surface area contributed by atoms with E-state index < -0.39 is 0 Å². The number of ether oxygens (including phenoxy) is 1. The second-order valence-electron chi connectivity index (χ2n) is 7.26. The molecule has 0 aromatic rings. The van der Waals surface area contributed by atoms with Crippen molar-refractivity contribution in [3.63, 3.8) is 0 Å². The van der Waals surface area contributed by atoms with Crippen molar-refractivity contribution in [1.29, 1.82) is 0 Å². The maximum absolute atomic E-state index is 11.8. The molecule has 0 radical (unpaired) electrons. The monoisotopic (exact) mass is 284 g/mol. The Morgan fingerprint density at radius 2 is 2.05 bits per heavy atom. The Balaban J connectivity index is 2.57. The van der Waals surface area contributed by atoms with Crippen LogP contribution in [0.4, 0.5) is 4.79 Å². The molecule has 1 aliphatic rings. The molecular formula is C16H32N2O2. The van der Waals surface area contributed by atoms with E-state index >= 15 is 0 Å². The molecule has 1 rings (SSSR count). The molecule has 1 N–H and O–H groups in total. The zero-order valence-corrected chi connectivity index (χ0v) is 13.9. The van der Waals surface area contributed by atoms with Crippen molar-refractivity contribution >= 4 is 6.09 Å². The van der Waals surface area contributed by atoms with E-state index in [1.54, 1.807) is 0 Å². The van der Waals surface area contributed by atoms with Crippen molar-refractivity contribution in [1.82, 2.24) is 10.2 Å². The Kier molecular flexibility index (Phi) is 6.80. The zero-order chi connectivity index (χ0) is 15.2. The van der Waals surface area contributed by atoms with Gasteiger partial charge in [0.05, 0.1) is 7.11 Å². The summed E-state index contributed by atoms with van der Waals surface area (Å²) < 4.78 is 4.90. The van der Waals surface area contributed by atoms with Gasteiger partial charge in [0.2, 0.25) is 0 Å². The molecule has 1 fully saturated rings. The van der Waals surface area contributed by atoms with Crippen LogP contribution in [0, 0.1) is 11.3 Å². The van der Waals surface area contributed by atoms with Crippen LogP contribution in [0.25, 0.3) is 0 Å². The molecule has 2 unspecified atom stereocenters. The summed E-state index contributed by atoms with van der Waals surface area (Å²) in [5, 5.41) is 3.63. The topological polar surface area (TPSA) is 41.6 Å². The van der Waals surface area contributed by atoms with Gasteiger partial charge in [-0.15, -0.1) is 0 Å². The number of carbonyl (C=O) groups is 1. The van der Waals surface area contributed by atoms with Crippen molar-refractivity contribution < 1.29 is 9.53 Å². The molecule has 20 heavy (non-hydrogen) atoms. The molecule has 0 aliphatic carbocycles. The van der Waals surface area contributed by atoms with Crippen molar-refractivity contribution in [2.24, 2.45) is 11.3 Å². The SMILES string of the molecule is CCCCC1CC(NCC(C)(C)C)CN(C(=O)OC)C1. The number of amides is 1. The number of nitrogens with one attached hydrogen (secondary N) is 1. The zero-order valence-electron chi connectivity index (χ0n) is 13.9. The van der Waals surface area contributed by atoms with Crippen molar-refractivity contribution in [2.75, 3.05) is 26.7 Å². The van der Waals surface area contributed by atoms with E-state index in [4.69, 9.17) is 4.74 Å². The Bertz CT molecular complexity index is 299. The summed E-state index contributed by atoms with van der Waals surface area (Å²) >= 11 is 0. The van der Waals surface area contributed by atoms with Crippen LogP contribution in [0.15, 0.2) is 0 Å². The fraction of sp³-hybridized carbons (Fsp3) is 0.938. The predicted octanol–water partition coefficient (Wildman–Crippen LogP) is 3.27. The molecule has 118 valence electrons. The highest BCUT2D eigenvalue weighted by molar-refractivity contribution is 5.67. The highest BCUT2D eigenvalue weighted by atomic mass is 16.5. The van der Waals surface area contributed by atoms with E-state index in [2.05, 4.69) is 33.0 Å². The van der Waals surface area contributed by atoms with E-state index in [-0.39, 0.29) is 11.5 Å². The molecule has 1 heterocycles. The Labute approximate surface area is 124 Å². The van der Waals surface area contributed by atoms with Gasteiger partial charge in [-0.25, -0.2) is 4.79 Å². The van der Waals surface area contributed by atoms with E-state index in [9.17, 15) is 4.79 Å². The van der Waals surface area contributed by atoms with Gasteiger partial charge >= 0.3 is 6.09 Å². The third-order valence-corrected chi connectivity index (χ3v) is 3.86. The standard InChI is InChI=1S/C16H32N2O2/c1-6-7-8-13-9-14(17-12-16(2,3)4)11-18(10-13)15(19)20-5/h13-14,17H,6-12H2,1-5H3. The number of likely N-dealkylation sites (tertiary alicyclic amines) is 1. The van der Waals surface area contributed by atoms with Crippen molar-refractivity contribution in [3.05, 3.63) is 0 Å². The molecule has 0 spiro atoms. The maximum atomic E-state index is 11.8. The molecule has 0 saturated carbocycles. The van der Waals surface area contributed by atoms with Crippen LogP contribution in [0.5, 0.6) is 0 Å². The average Bonchev–Trinajstić information content (AvgIpc) is 2.41. The summed E-state index contributed by atoms with van der Waals surface area (Å²) in [4.78, 5) is 13.7. The first-order chi connectivity index (χ1) is 9.35. The van der Waals surface area contributed by atoms with E-state index in [1.165, 1.54) is 32.8 Å². The van der Waals surface area contributed by atoms with E-state index in [0.717, 1.165) is 19.6 Å². The number of nitrogens with zero attached hydrogens (tertiary/aromatic N) is 1. The molecule has 1 aliphatic heterocycles. The van der Waals surface area contributed by atoms with Gasteiger partial charge in [-0.3, -0.25) is 0 Å². The minimum absolute atomic E-state index is 0.186. The summed E-state index contributed by atoms with van der Waals surface area (Å²) in [6.45, 7) is 11.5. The van der Waals surface area contributed by atoms with Crippen LogP contribution >= 0.6 is 0 Å².